The van der Waals surface area contributed by atoms with E-state index in [9.17, 15) is 4.79 Å². The molecule has 0 saturated carbocycles. The van der Waals surface area contributed by atoms with Gasteiger partial charge >= 0.3 is 5.97 Å². The number of hydrogen-bond donors (Lipinski definition) is 1. The molecule has 0 aliphatic heterocycles. The van der Waals surface area contributed by atoms with Gasteiger partial charge in [-0.2, -0.15) is 0 Å². The van der Waals surface area contributed by atoms with E-state index in [1.54, 1.807) is 22.8 Å². The van der Waals surface area contributed by atoms with Crippen molar-refractivity contribution in [3.63, 3.8) is 0 Å². The Morgan fingerprint density at radius 3 is 2.89 bits per heavy atom. The number of imidazole rings is 1. The number of esters is 1. The molecule has 0 amide bonds. The third-order valence-corrected chi connectivity index (χ3v) is 5.08. The molecular formula is C19H13BrClFIN3O2. The molecule has 0 bridgehead atoms. The molecule has 0 atom stereocenters. The molecule has 3 rings (SSSR count). The molecule has 5 nitrogen and oxygen atoms in total. The molecule has 28 heavy (non-hydrogen) atoms. The Hall–Kier alpha value is -1.83. The van der Waals surface area contributed by atoms with Crippen LogP contribution in [0.2, 0.25) is 5.02 Å². The summed E-state index contributed by atoms with van der Waals surface area (Å²) < 4.78 is 23.3. The van der Waals surface area contributed by atoms with Crippen LogP contribution in [0.5, 0.6) is 0 Å². The van der Waals surface area contributed by atoms with E-state index in [0.717, 1.165) is 4.47 Å². The van der Waals surface area contributed by atoms with Crippen molar-refractivity contribution in [2.75, 3.05) is 16.9 Å². The van der Waals surface area contributed by atoms with Crippen LogP contribution < -0.4 is 5.32 Å². The third kappa shape index (κ3) is 4.26. The monoisotopic (exact) mass is 575 g/mol. The molecule has 1 aromatic heterocycles. The number of anilines is 2. The van der Waals surface area contributed by atoms with Gasteiger partial charge in [0, 0.05) is 4.47 Å². The second kappa shape index (κ2) is 9.11. The lowest BCUT2D eigenvalue weighted by Crippen LogP contribution is -2.09. The first-order valence-electron chi connectivity index (χ1n) is 7.95. The second-order valence-corrected chi connectivity index (χ2v) is 7.67. The molecule has 1 heterocycles. The van der Waals surface area contributed by atoms with Crippen molar-refractivity contribution >= 4 is 78.5 Å². The van der Waals surface area contributed by atoms with Crippen LogP contribution in [0, 0.1) is 17.7 Å². The predicted molar refractivity (Wildman–Crippen MR) is 120 cm³/mol. The van der Waals surface area contributed by atoms with Gasteiger partial charge < -0.3 is 14.6 Å². The van der Waals surface area contributed by atoms with Crippen molar-refractivity contribution in [2.45, 2.75) is 6.54 Å². The molecule has 0 aliphatic carbocycles. The Labute approximate surface area is 187 Å². The topological polar surface area (TPSA) is 56.1 Å². The highest BCUT2D eigenvalue weighted by Crippen LogP contribution is 2.34. The standard InChI is InChI=1S/C19H13BrClFIN3O2/c1-28-19(27)12-9-15-18(24-10-26(15)7-3-2-6-23)16(22)17(12)25-14-5-4-11(20)8-13(14)21/h4-5,8-10,25H,6-7H2,1H3. The summed E-state index contributed by atoms with van der Waals surface area (Å²) in [6.07, 6.45) is 1.49. The minimum absolute atomic E-state index is 0.0371. The maximum absolute atomic E-state index is 15.3. The summed E-state index contributed by atoms with van der Waals surface area (Å²) in [6.45, 7) is 0.338. The van der Waals surface area contributed by atoms with Crippen LogP contribution in [0.4, 0.5) is 15.8 Å². The maximum atomic E-state index is 15.3. The first kappa shape index (κ1) is 20.9. The Kier molecular flexibility index (Phi) is 6.80. The van der Waals surface area contributed by atoms with Gasteiger partial charge in [-0.1, -0.05) is 62.0 Å². The first-order valence-corrected chi connectivity index (χ1v) is 10.6. The quantitative estimate of drug-likeness (QED) is 0.191. The summed E-state index contributed by atoms with van der Waals surface area (Å²) in [7, 11) is 1.24. The van der Waals surface area contributed by atoms with E-state index < -0.39 is 11.8 Å². The summed E-state index contributed by atoms with van der Waals surface area (Å²) in [4.78, 5) is 16.5. The Balaban J connectivity index is 2.15. The number of alkyl halides is 1. The van der Waals surface area contributed by atoms with Crippen molar-refractivity contribution in [1.29, 1.82) is 0 Å². The smallest absolute Gasteiger partial charge is 0.340 e. The van der Waals surface area contributed by atoms with E-state index in [2.05, 4.69) is 60.7 Å². The number of nitrogens with zero attached hydrogens (tertiary/aromatic N) is 2. The van der Waals surface area contributed by atoms with Gasteiger partial charge in [0.05, 0.1) is 51.9 Å². The number of methoxy groups -OCH3 is 1. The van der Waals surface area contributed by atoms with Gasteiger partial charge in [0.2, 0.25) is 0 Å². The zero-order valence-corrected chi connectivity index (χ0v) is 19.0. The fourth-order valence-corrected chi connectivity index (χ4v) is 3.58. The predicted octanol–water partition coefficient (Wildman–Crippen LogP) is 5.56. The van der Waals surface area contributed by atoms with Crippen molar-refractivity contribution < 1.29 is 13.9 Å². The lowest BCUT2D eigenvalue weighted by atomic mass is 10.1. The fraction of sp³-hybridized carbons (Fsp3) is 0.158. The number of carbonyl (C=O) groups is 1. The number of ether oxygens (including phenoxy) is 1. The van der Waals surface area contributed by atoms with Gasteiger partial charge in [0.15, 0.2) is 5.82 Å². The Morgan fingerprint density at radius 2 is 2.21 bits per heavy atom. The van der Waals surface area contributed by atoms with E-state index in [4.69, 9.17) is 16.3 Å². The van der Waals surface area contributed by atoms with Crippen molar-refractivity contribution in [3.05, 3.63) is 51.5 Å². The summed E-state index contributed by atoms with van der Waals surface area (Å²) in [5.74, 6) is 4.56. The maximum Gasteiger partial charge on any atom is 0.340 e. The van der Waals surface area contributed by atoms with Gasteiger partial charge in [-0.15, -0.1) is 0 Å². The number of nitrogens with one attached hydrogen (secondary N) is 1. The normalized spacial score (nSPS) is 10.5. The highest BCUT2D eigenvalue weighted by atomic mass is 127. The van der Waals surface area contributed by atoms with Gasteiger partial charge in [-0.25, -0.2) is 14.2 Å². The van der Waals surface area contributed by atoms with Crippen LogP contribution >= 0.6 is 50.1 Å². The SMILES string of the molecule is COC(=O)c1cc2c(ncn2CC#CCI)c(F)c1Nc1ccc(Br)cc1Cl. The molecule has 1 N–H and O–H groups in total. The van der Waals surface area contributed by atoms with E-state index in [-0.39, 0.29) is 16.8 Å². The average Bonchev–Trinajstić information content (AvgIpc) is 3.08. The number of benzene rings is 2. The van der Waals surface area contributed by atoms with Gasteiger partial charge in [-0.05, 0) is 24.3 Å². The number of fused-ring (bicyclic) bond motifs is 1. The van der Waals surface area contributed by atoms with Crippen LogP contribution in [0.1, 0.15) is 10.4 Å². The molecule has 2 aromatic carbocycles. The number of rotatable bonds is 4. The van der Waals surface area contributed by atoms with Gasteiger partial charge in [0.1, 0.15) is 5.52 Å². The molecule has 9 heteroatoms. The molecule has 0 fully saturated rings. The highest BCUT2D eigenvalue weighted by molar-refractivity contribution is 14.1. The van der Waals surface area contributed by atoms with Crippen LogP contribution in [-0.4, -0.2) is 27.1 Å². The molecule has 0 radical (unpaired) electrons. The third-order valence-electron chi connectivity index (χ3n) is 3.89. The number of hydrogen-bond acceptors (Lipinski definition) is 4. The van der Waals surface area contributed by atoms with Crippen molar-refractivity contribution in [1.82, 2.24) is 9.55 Å². The largest absolute Gasteiger partial charge is 0.465 e. The minimum atomic E-state index is -0.678. The molecule has 0 saturated heterocycles. The Morgan fingerprint density at radius 1 is 1.43 bits per heavy atom. The van der Waals surface area contributed by atoms with Crippen LogP contribution in [0.3, 0.4) is 0 Å². The van der Waals surface area contributed by atoms with E-state index in [0.29, 0.717) is 27.2 Å². The summed E-state index contributed by atoms with van der Waals surface area (Å²) in [5.41, 5.74) is 1.01. The summed E-state index contributed by atoms with van der Waals surface area (Å²) >= 11 is 11.7. The summed E-state index contributed by atoms with van der Waals surface area (Å²) in [6, 6.07) is 6.63. The number of halogens is 4. The lowest BCUT2D eigenvalue weighted by molar-refractivity contribution is 0.0601. The van der Waals surface area contributed by atoms with Crippen LogP contribution in [0.25, 0.3) is 11.0 Å². The second-order valence-electron chi connectivity index (χ2n) is 5.58. The first-order chi connectivity index (χ1) is 13.5. The molecule has 0 unspecified atom stereocenters. The van der Waals surface area contributed by atoms with Crippen LogP contribution in [-0.2, 0) is 11.3 Å². The van der Waals surface area contributed by atoms with Crippen molar-refractivity contribution in [2.24, 2.45) is 0 Å². The molecule has 144 valence electrons. The van der Waals surface area contributed by atoms with Crippen LogP contribution in [0.15, 0.2) is 35.1 Å². The lowest BCUT2D eigenvalue weighted by Gasteiger charge is -2.14. The minimum Gasteiger partial charge on any atom is -0.465 e. The molecule has 0 spiro atoms. The fourth-order valence-electron chi connectivity index (χ4n) is 2.59. The zero-order chi connectivity index (χ0) is 20.3. The summed E-state index contributed by atoms with van der Waals surface area (Å²) in [5, 5.41) is 3.26. The number of carbonyl (C=O) groups excluding carboxylic acids is 1. The molecule has 3 aromatic rings. The Bertz CT molecular complexity index is 1120. The molecule has 0 aliphatic rings. The number of aromatic nitrogens is 2. The van der Waals surface area contributed by atoms with E-state index >= 15 is 4.39 Å². The van der Waals surface area contributed by atoms with Gasteiger partial charge in [-0.3, -0.25) is 0 Å². The average molecular weight is 577 g/mol. The van der Waals surface area contributed by atoms with E-state index in [1.165, 1.54) is 19.5 Å². The van der Waals surface area contributed by atoms with E-state index in [1.807, 2.05) is 0 Å². The van der Waals surface area contributed by atoms with Gasteiger partial charge in [0.25, 0.3) is 0 Å². The zero-order valence-electron chi connectivity index (χ0n) is 14.5. The highest BCUT2D eigenvalue weighted by Gasteiger charge is 2.22. The van der Waals surface area contributed by atoms with Crippen molar-refractivity contribution in [3.8, 4) is 11.8 Å². The molecular weight excluding hydrogens is 563 g/mol.